The summed E-state index contributed by atoms with van der Waals surface area (Å²) in [7, 11) is -4.70. The number of hydrogen-bond acceptors (Lipinski definition) is 8. The highest BCUT2D eigenvalue weighted by molar-refractivity contribution is 7.46. The van der Waals surface area contributed by atoms with Crippen molar-refractivity contribution >= 4 is 48.9 Å². The molecule has 0 aromatic heterocycles. The Bertz CT molecular complexity index is 1490. The molecule has 252 valence electrons. The van der Waals surface area contributed by atoms with Gasteiger partial charge in [-0.1, -0.05) is 23.2 Å². The Balaban J connectivity index is 1.38. The lowest BCUT2D eigenvalue weighted by Gasteiger charge is -2.51. The van der Waals surface area contributed by atoms with Crippen LogP contribution in [0.1, 0.15) is 32.1 Å². The summed E-state index contributed by atoms with van der Waals surface area (Å²) in [5.74, 6) is -2.39. The number of ether oxygens (including phenoxy) is 3. The number of carbonyl (C=O) groups excluding carboxylic acids is 3. The Morgan fingerprint density at radius 2 is 1.57 bits per heavy atom. The third kappa shape index (κ3) is 10.7. The first-order chi connectivity index (χ1) is 21.7. The summed E-state index contributed by atoms with van der Waals surface area (Å²) < 4.78 is 59.0. The summed E-state index contributed by atoms with van der Waals surface area (Å²) in [5.41, 5.74) is -0.832. The Kier molecular flexibility index (Phi) is 12.1. The van der Waals surface area contributed by atoms with E-state index in [1.807, 2.05) is 0 Å². The maximum absolute atomic E-state index is 13.8. The SMILES string of the molecule is O=C(COc1ccc(Cl)c(F)c1)NC1CCC2(NC(=O)COc3ccc(Cl)c(F)c3)CC1C[C@@H](OC(=O)NCCOP(=O)(O)O)C2. The van der Waals surface area contributed by atoms with Crippen LogP contribution in [-0.2, 0) is 23.4 Å². The highest BCUT2D eigenvalue weighted by atomic mass is 35.5. The highest BCUT2D eigenvalue weighted by Crippen LogP contribution is 2.44. The quantitative estimate of drug-likeness (QED) is 0.151. The topological polar surface area (TPSA) is 182 Å². The zero-order valence-corrected chi connectivity index (χ0v) is 26.6. The number of fused-ring (bicyclic) bond motifs is 2. The third-order valence-corrected chi connectivity index (χ3v) is 8.65. The van der Waals surface area contributed by atoms with Gasteiger partial charge in [0, 0.05) is 36.7 Å². The van der Waals surface area contributed by atoms with E-state index < -0.39 is 68.8 Å². The largest absolute Gasteiger partial charge is 0.484 e. The number of benzene rings is 2. The van der Waals surface area contributed by atoms with Crippen molar-refractivity contribution in [3.63, 3.8) is 0 Å². The first kappa shape index (κ1) is 35.7. The number of carbonyl (C=O) groups is 3. The van der Waals surface area contributed by atoms with Crippen molar-refractivity contribution in [1.29, 1.82) is 0 Å². The summed E-state index contributed by atoms with van der Waals surface area (Å²) >= 11 is 11.4. The van der Waals surface area contributed by atoms with E-state index in [1.54, 1.807) is 0 Å². The molecule has 0 spiro atoms. The second-order valence-corrected chi connectivity index (χ2v) is 13.0. The van der Waals surface area contributed by atoms with E-state index in [0.717, 1.165) is 12.1 Å². The van der Waals surface area contributed by atoms with E-state index in [0.29, 0.717) is 25.7 Å². The van der Waals surface area contributed by atoms with E-state index in [4.69, 9.17) is 47.2 Å². The van der Waals surface area contributed by atoms with Gasteiger partial charge >= 0.3 is 13.9 Å². The lowest BCUT2D eigenvalue weighted by atomic mass is 9.64. The first-order valence-electron chi connectivity index (χ1n) is 14.1. The lowest BCUT2D eigenvalue weighted by Crippen LogP contribution is -2.62. The molecule has 2 aromatic carbocycles. The number of phosphoric acid groups is 1. The maximum atomic E-state index is 13.8. The molecule has 46 heavy (non-hydrogen) atoms. The van der Waals surface area contributed by atoms with E-state index in [-0.39, 0.29) is 46.5 Å². The summed E-state index contributed by atoms with van der Waals surface area (Å²) in [6, 6.07) is 7.20. The minimum atomic E-state index is -4.70. The van der Waals surface area contributed by atoms with Gasteiger partial charge in [0.15, 0.2) is 13.2 Å². The number of hydrogen-bond donors (Lipinski definition) is 5. The molecule has 3 unspecified atom stereocenters. The van der Waals surface area contributed by atoms with Crippen molar-refractivity contribution in [3.05, 3.63) is 58.1 Å². The Morgan fingerprint density at radius 3 is 2.15 bits per heavy atom. The van der Waals surface area contributed by atoms with Crippen LogP contribution in [0.5, 0.6) is 11.5 Å². The number of nitrogens with one attached hydrogen (secondary N) is 3. The van der Waals surface area contributed by atoms with Crippen molar-refractivity contribution in [2.24, 2.45) is 5.92 Å². The Morgan fingerprint density at radius 1 is 0.957 bits per heavy atom. The molecule has 0 radical (unpaired) electrons. The van der Waals surface area contributed by atoms with Gasteiger partial charge in [-0.2, -0.15) is 0 Å². The molecule has 4 rings (SSSR count). The number of amides is 3. The lowest BCUT2D eigenvalue weighted by molar-refractivity contribution is -0.129. The molecule has 0 saturated heterocycles. The molecule has 0 heterocycles. The van der Waals surface area contributed by atoms with Crippen LogP contribution in [0, 0.1) is 17.6 Å². The summed E-state index contributed by atoms with van der Waals surface area (Å²) in [6.45, 7) is -1.51. The second-order valence-electron chi connectivity index (χ2n) is 11.0. The van der Waals surface area contributed by atoms with Crippen molar-refractivity contribution in [2.45, 2.75) is 49.8 Å². The van der Waals surface area contributed by atoms with Crippen LogP contribution in [0.4, 0.5) is 13.6 Å². The van der Waals surface area contributed by atoms with E-state index >= 15 is 0 Å². The highest BCUT2D eigenvalue weighted by Gasteiger charge is 2.49. The first-order valence-corrected chi connectivity index (χ1v) is 16.4. The molecule has 0 aliphatic heterocycles. The predicted octanol–water partition coefficient (Wildman–Crippen LogP) is 3.87. The van der Waals surface area contributed by atoms with Gasteiger partial charge in [0.05, 0.1) is 16.7 Å². The van der Waals surface area contributed by atoms with Gasteiger partial charge in [0.1, 0.15) is 29.2 Å². The minimum Gasteiger partial charge on any atom is -0.484 e. The second kappa shape index (κ2) is 15.6. The molecule has 2 bridgehead atoms. The van der Waals surface area contributed by atoms with Crippen LogP contribution in [0.2, 0.25) is 10.0 Å². The van der Waals surface area contributed by atoms with Gasteiger partial charge in [-0.05, 0) is 55.9 Å². The minimum absolute atomic E-state index is 0.0859. The molecule has 2 aliphatic rings. The number of alkyl carbamates (subject to hydrolysis) is 1. The van der Waals surface area contributed by atoms with Gasteiger partial charge in [-0.15, -0.1) is 0 Å². The van der Waals surface area contributed by atoms with Crippen LogP contribution in [0.15, 0.2) is 36.4 Å². The van der Waals surface area contributed by atoms with Crippen LogP contribution < -0.4 is 25.4 Å². The Hall–Kier alpha value is -3.20. The van der Waals surface area contributed by atoms with Gasteiger partial charge < -0.3 is 39.9 Å². The molecule has 2 aromatic rings. The Labute approximate surface area is 272 Å². The summed E-state index contributed by atoms with van der Waals surface area (Å²) in [5, 5.41) is 8.06. The number of halogens is 4. The molecule has 3 amide bonds. The van der Waals surface area contributed by atoms with Crippen LogP contribution in [0.3, 0.4) is 0 Å². The summed E-state index contributed by atoms with van der Waals surface area (Å²) in [4.78, 5) is 55.8. The smallest absolute Gasteiger partial charge is 0.469 e. The van der Waals surface area contributed by atoms with Crippen molar-refractivity contribution < 1.29 is 56.3 Å². The zero-order chi connectivity index (χ0) is 33.5. The zero-order valence-electron chi connectivity index (χ0n) is 24.2. The van der Waals surface area contributed by atoms with E-state index in [1.165, 1.54) is 24.3 Å². The molecule has 5 N–H and O–H groups in total. The van der Waals surface area contributed by atoms with Gasteiger partial charge in [0.25, 0.3) is 11.8 Å². The average Bonchev–Trinajstić information content (AvgIpc) is 2.97. The van der Waals surface area contributed by atoms with Gasteiger partial charge in [-0.25, -0.2) is 18.1 Å². The normalized spacial score (nSPS) is 22.3. The number of rotatable bonds is 13. The van der Waals surface area contributed by atoms with Crippen LogP contribution in [0.25, 0.3) is 0 Å². The molecular weight excluding hydrogens is 678 g/mol. The molecule has 2 saturated carbocycles. The molecule has 2 aliphatic carbocycles. The fourth-order valence-electron chi connectivity index (χ4n) is 5.67. The predicted molar refractivity (Wildman–Crippen MR) is 159 cm³/mol. The molecule has 4 atom stereocenters. The monoisotopic (exact) mass is 709 g/mol. The standard InChI is InChI=1S/C28H32Cl2F2N3O10P/c29-20-3-1-17(10-22(20)31)42-14-25(36)34-24-5-6-28(35-26(37)15-43-18-2-4-21(30)23(32)11-18)12-16(24)9-19(13-28)45-27(38)33-7-8-44-46(39,40)41/h1-4,10-11,16,19,24H,5-9,12-15H2,(H,33,38)(H,34,36)(H,35,37)(H2,39,40,41)/t16?,19-,24?,28?/m1/s1. The molecule has 2 fully saturated rings. The van der Waals surface area contributed by atoms with Crippen molar-refractivity contribution in [2.75, 3.05) is 26.4 Å². The summed E-state index contributed by atoms with van der Waals surface area (Å²) in [6.07, 6.45) is 0.298. The third-order valence-electron chi connectivity index (χ3n) is 7.52. The number of phosphoric ester groups is 1. The van der Waals surface area contributed by atoms with Crippen molar-refractivity contribution in [3.8, 4) is 11.5 Å². The van der Waals surface area contributed by atoms with Crippen LogP contribution in [-0.4, -0.2) is 71.7 Å². The fraction of sp³-hybridized carbons (Fsp3) is 0.464. The van der Waals surface area contributed by atoms with Crippen molar-refractivity contribution in [1.82, 2.24) is 16.0 Å². The van der Waals surface area contributed by atoms with E-state index in [9.17, 15) is 27.7 Å². The van der Waals surface area contributed by atoms with E-state index in [2.05, 4.69) is 20.5 Å². The fourth-order valence-corrected chi connectivity index (χ4v) is 6.23. The maximum Gasteiger partial charge on any atom is 0.469 e. The average molecular weight is 710 g/mol. The molecular formula is C28H32Cl2F2N3O10P. The van der Waals surface area contributed by atoms with Crippen LogP contribution >= 0.6 is 31.0 Å². The van der Waals surface area contributed by atoms with Gasteiger partial charge in [0.2, 0.25) is 0 Å². The van der Waals surface area contributed by atoms with Gasteiger partial charge in [-0.3, -0.25) is 14.1 Å². The molecule has 18 heteroatoms. The molecule has 13 nitrogen and oxygen atoms in total.